The zero-order chi connectivity index (χ0) is 16.2. The summed E-state index contributed by atoms with van der Waals surface area (Å²) in [6.45, 7) is 7.43. The first-order chi connectivity index (χ1) is 11.1. The van der Waals surface area contributed by atoms with Crippen molar-refractivity contribution in [3.63, 3.8) is 0 Å². The average Bonchev–Trinajstić information content (AvgIpc) is 3.31. The van der Waals surface area contributed by atoms with E-state index in [1.54, 1.807) is 0 Å². The topological polar surface area (TPSA) is 32.3 Å². The monoisotopic (exact) mass is 334 g/mol. The fourth-order valence-corrected chi connectivity index (χ4v) is 4.48. The second kappa shape index (κ2) is 7.80. The van der Waals surface area contributed by atoms with Gasteiger partial charge in [0.1, 0.15) is 0 Å². The van der Waals surface area contributed by atoms with Crippen molar-refractivity contribution in [3.8, 4) is 0 Å². The normalized spacial score (nSPS) is 19.3. The molecular weight excluding hydrogens is 304 g/mol. The summed E-state index contributed by atoms with van der Waals surface area (Å²) in [6, 6.07) is 2.91. The van der Waals surface area contributed by atoms with Crippen LogP contribution in [-0.2, 0) is 11.2 Å². The van der Waals surface area contributed by atoms with Crippen LogP contribution in [0.5, 0.6) is 0 Å². The summed E-state index contributed by atoms with van der Waals surface area (Å²) in [5, 5.41) is 3.68. The van der Waals surface area contributed by atoms with Crippen molar-refractivity contribution in [2.45, 2.75) is 64.8 Å². The highest BCUT2D eigenvalue weighted by Gasteiger charge is 2.25. The molecule has 1 aromatic heterocycles. The Morgan fingerprint density at radius 1 is 1.26 bits per heavy atom. The molecule has 0 radical (unpaired) electrons. The number of hydrogen-bond donors (Lipinski definition) is 1. The molecule has 0 spiro atoms. The maximum Gasteiger partial charge on any atom is 0.222 e. The number of carbonyl (C=O) groups excluding carboxylic acids is 1. The Kier molecular flexibility index (Phi) is 5.76. The smallest absolute Gasteiger partial charge is 0.222 e. The molecule has 0 atom stereocenters. The Balaban J connectivity index is 1.33. The number of nitrogens with zero attached hydrogens (tertiary/aromatic N) is 1. The predicted octanol–water partition coefficient (Wildman–Crippen LogP) is 3.68. The number of thiophene rings is 1. The molecule has 0 unspecified atom stereocenters. The molecule has 1 aliphatic heterocycles. The summed E-state index contributed by atoms with van der Waals surface area (Å²) >= 11 is 1.87. The van der Waals surface area contributed by atoms with Gasteiger partial charge >= 0.3 is 0 Å². The molecule has 1 saturated carbocycles. The van der Waals surface area contributed by atoms with Gasteiger partial charge in [-0.3, -0.25) is 4.79 Å². The maximum absolute atomic E-state index is 12.4. The van der Waals surface area contributed by atoms with Crippen molar-refractivity contribution in [1.29, 1.82) is 0 Å². The first-order valence-corrected chi connectivity index (χ1v) is 10.0. The molecule has 1 saturated heterocycles. The minimum atomic E-state index is 0.357. The molecule has 1 aliphatic carbocycles. The molecule has 3 nitrogen and oxygen atoms in total. The number of aryl methyl sites for hydroxylation is 3. The number of nitrogens with one attached hydrogen (secondary N) is 1. The van der Waals surface area contributed by atoms with Crippen LogP contribution >= 0.6 is 11.3 Å². The molecular formula is C19H30N2OS. The van der Waals surface area contributed by atoms with Crippen molar-refractivity contribution >= 4 is 17.2 Å². The lowest BCUT2D eigenvalue weighted by Crippen LogP contribution is -2.45. The van der Waals surface area contributed by atoms with Crippen molar-refractivity contribution in [2.75, 3.05) is 19.6 Å². The SMILES string of the molecule is Cc1cc(CCCC(=O)N2CCC(NCC3CC3)CC2)c(C)s1. The summed E-state index contributed by atoms with van der Waals surface area (Å²) in [5.41, 5.74) is 1.43. The van der Waals surface area contributed by atoms with Crippen molar-refractivity contribution in [1.82, 2.24) is 10.2 Å². The minimum absolute atomic E-state index is 0.357. The van der Waals surface area contributed by atoms with E-state index in [-0.39, 0.29) is 0 Å². The fraction of sp³-hybridized carbons (Fsp3) is 0.737. The van der Waals surface area contributed by atoms with E-state index in [9.17, 15) is 4.79 Å². The van der Waals surface area contributed by atoms with Gasteiger partial charge in [-0.2, -0.15) is 0 Å². The van der Waals surface area contributed by atoms with Crippen LogP contribution in [0, 0.1) is 19.8 Å². The van der Waals surface area contributed by atoms with Crippen LogP contribution in [0.25, 0.3) is 0 Å². The van der Waals surface area contributed by atoms with Gasteiger partial charge in [0.25, 0.3) is 0 Å². The summed E-state index contributed by atoms with van der Waals surface area (Å²) in [7, 11) is 0. The molecule has 0 bridgehead atoms. The molecule has 0 aromatic carbocycles. The lowest BCUT2D eigenvalue weighted by atomic mass is 10.0. The van der Waals surface area contributed by atoms with Crippen LogP contribution in [0.3, 0.4) is 0 Å². The van der Waals surface area contributed by atoms with Gasteiger partial charge in [0, 0.05) is 35.3 Å². The fourth-order valence-electron chi connectivity index (χ4n) is 3.51. The van der Waals surface area contributed by atoms with Crippen LogP contribution in [0.1, 0.15) is 53.8 Å². The lowest BCUT2D eigenvalue weighted by molar-refractivity contribution is -0.132. The minimum Gasteiger partial charge on any atom is -0.343 e. The largest absolute Gasteiger partial charge is 0.343 e. The van der Waals surface area contributed by atoms with Crippen LogP contribution in [-0.4, -0.2) is 36.5 Å². The second-order valence-corrected chi connectivity index (χ2v) is 8.76. The summed E-state index contributed by atoms with van der Waals surface area (Å²) in [4.78, 5) is 17.2. The molecule has 1 N–H and O–H groups in total. The van der Waals surface area contributed by atoms with E-state index in [1.807, 2.05) is 11.3 Å². The van der Waals surface area contributed by atoms with Gasteiger partial charge in [-0.05, 0) is 76.5 Å². The van der Waals surface area contributed by atoms with E-state index in [4.69, 9.17) is 0 Å². The van der Waals surface area contributed by atoms with Gasteiger partial charge in [-0.15, -0.1) is 11.3 Å². The molecule has 23 heavy (non-hydrogen) atoms. The number of rotatable bonds is 7. The van der Waals surface area contributed by atoms with E-state index in [2.05, 4.69) is 30.1 Å². The number of likely N-dealkylation sites (tertiary alicyclic amines) is 1. The van der Waals surface area contributed by atoms with E-state index >= 15 is 0 Å². The Hall–Kier alpha value is -0.870. The van der Waals surface area contributed by atoms with Gasteiger partial charge in [-0.25, -0.2) is 0 Å². The standard InChI is InChI=1S/C19H30N2OS/c1-14-12-17(15(2)23-14)4-3-5-19(22)21-10-8-18(9-11-21)20-13-16-6-7-16/h12,16,18,20H,3-11,13H2,1-2H3. The van der Waals surface area contributed by atoms with Crippen LogP contribution in [0.15, 0.2) is 6.07 Å². The average molecular weight is 335 g/mol. The third-order valence-corrected chi connectivity index (χ3v) is 6.23. The number of hydrogen-bond acceptors (Lipinski definition) is 3. The molecule has 2 heterocycles. The van der Waals surface area contributed by atoms with Gasteiger partial charge in [-0.1, -0.05) is 0 Å². The van der Waals surface area contributed by atoms with E-state index < -0.39 is 0 Å². The third-order valence-electron chi connectivity index (χ3n) is 5.22. The zero-order valence-corrected chi connectivity index (χ0v) is 15.4. The third kappa shape index (κ3) is 5.05. The Labute approximate surface area is 144 Å². The Morgan fingerprint density at radius 2 is 2.00 bits per heavy atom. The van der Waals surface area contributed by atoms with Crippen LogP contribution in [0.2, 0.25) is 0 Å². The number of amides is 1. The van der Waals surface area contributed by atoms with Crippen LogP contribution < -0.4 is 5.32 Å². The van der Waals surface area contributed by atoms with E-state index in [0.29, 0.717) is 18.4 Å². The van der Waals surface area contributed by atoms with E-state index in [1.165, 1.54) is 34.7 Å². The molecule has 1 aromatic rings. The van der Waals surface area contributed by atoms with Crippen LogP contribution in [0.4, 0.5) is 0 Å². The van der Waals surface area contributed by atoms with Gasteiger partial charge in [0.2, 0.25) is 5.91 Å². The lowest BCUT2D eigenvalue weighted by Gasteiger charge is -2.32. The van der Waals surface area contributed by atoms with Gasteiger partial charge in [0.15, 0.2) is 0 Å². The first-order valence-electron chi connectivity index (χ1n) is 9.19. The quantitative estimate of drug-likeness (QED) is 0.825. The van der Waals surface area contributed by atoms with E-state index in [0.717, 1.165) is 44.7 Å². The first kappa shape index (κ1) is 17.0. The van der Waals surface area contributed by atoms with Crippen molar-refractivity contribution in [2.24, 2.45) is 5.92 Å². The molecule has 4 heteroatoms. The summed E-state index contributed by atoms with van der Waals surface area (Å²) in [5.74, 6) is 1.30. The highest BCUT2D eigenvalue weighted by molar-refractivity contribution is 7.12. The number of carbonyl (C=O) groups is 1. The molecule has 2 fully saturated rings. The number of piperidine rings is 1. The molecule has 3 rings (SSSR count). The molecule has 128 valence electrons. The highest BCUT2D eigenvalue weighted by atomic mass is 32.1. The summed E-state index contributed by atoms with van der Waals surface area (Å²) in [6.07, 6.45) is 7.80. The van der Waals surface area contributed by atoms with Crippen molar-refractivity contribution in [3.05, 3.63) is 21.4 Å². The second-order valence-electron chi connectivity index (χ2n) is 7.30. The molecule has 2 aliphatic rings. The maximum atomic E-state index is 12.4. The molecule has 1 amide bonds. The van der Waals surface area contributed by atoms with Gasteiger partial charge in [0.05, 0.1) is 0 Å². The summed E-state index contributed by atoms with van der Waals surface area (Å²) < 4.78 is 0. The highest BCUT2D eigenvalue weighted by Crippen LogP contribution is 2.28. The Morgan fingerprint density at radius 3 is 2.61 bits per heavy atom. The van der Waals surface area contributed by atoms with Crippen molar-refractivity contribution < 1.29 is 4.79 Å². The predicted molar refractivity (Wildman–Crippen MR) is 97.1 cm³/mol. The van der Waals surface area contributed by atoms with Gasteiger partial charge < -0.3 is 10.2 Å². The Bertz CT molecular complexity index is 527. The zero-order valence-electron chi connectivity index (χ0n) is 14.6.